The third-order valence-electron chi connectivity index (χ3n) is 2.94. The van der Waals surface area contributed by atoms with Gasteiger partial charge < -0.3 is 5.11 Å². The summed E-state index contributed by atoms with van der Waals surface area (Å²) in [6.07, 6.45) is 1.81. The van der Waals surface area contributed by atoms with Gasteiger partial charge in [0.2, 0.25) is 0 Å². The first-order valence-electron chi connectivity index (χ1n) is 5.48. The van der Waals surface area contributed by atoms with Crippen molar-refractivity contribution < 1.29 is 9.90 Å². The van der Waals surface area contributed by atoms with Crippen LogP contribution in [0.15, 0.2) is 30.3 Å². The van der Waals surface area contributed by atoms with E-state index in [9.17, 15) is 9.90 Å². The number of rotatable bonds is 5. The molecule has 0 heterocycles. The highest BCUT2D eigenvalue weighted by molar-refractivity contribution is 5.76. The van der Waals surface area contributed by atoms with Crippen molar-refractivity contribution in [2.24, 2.45) is 5.92 Å². The third-order valence-corrected chi connectivity index (χ3v) is 2.94. The molecule has 0 aliphatic carbocycles. The molecule has 0 aromatic heterocycles. The van der Waals surface area contributed by atoms with Crippen LogP contribution >= 0.6 is 0 Å². The van der Waals surface area contributed by atoms with Crippen LogP contribution in [0, 0.1) is 5.92 Å². The van der Waals surface area contributed by atoms with Crippen molar-refractivity contribution in [2.75, 3.05) is 0 Å². The second-order valence-electron chi connectivity index (χ2n) is 3.80. The lowest BCUT2D eigenvalue weighted by molar-refractivity contribution is -0.140. The van der Waals surface area contributed by atoms with E-state index < -0.39 is 5.97 Å². The number of hydrogen-bond donors (Lipinski definition) is 1. The number of carboxylic acids is 1. The molecule has 1 aromatic rings. The van der Waals surface area contributed by atoms with E-state index in [2.05, 4.69) is 0 Å². The molecule has 0 aliphatic rings. The van der Waals surface area contributed by atoms with E-state index in [1.807, 2.05) is 44.2 Å². The maximum absolute atomic E-state index is 11.3. The summed E-state index contributed by atoms with van der Waals surface area (Å²) in [6.45, 7) is 4.10. The zero-order valence-corrected chi connectivity index (χ0v) is 9.31. The van der Waals surface area contributed by atoms with Crippen molar-refractivity contribution in [1.29, 1.82) is 0 Å². The van der Waals surface area contributed by atoms with Crippen molar-refractivity contribution in [3.63, 3.8) is 0 Å². The fourth-order valence-corrected chi connectivity index (χ4v) is 2.04. The molecular weight excluding hydrogens is 188 g/mol. The number of aliphatic carboxylic acids is 1. The van der Waals surface area contributed by atoms with Gasteiger partial charge in [-0.15, -0.1) is 0 Å². The van der Waals surface area contributed by atoms with Crippen LogP contribution in [0.5, 0.6) is 0 Å². The van der Waals surface area contributed by atoms with E-state index in [0.29, 0.717) is 0 Å². The van der Waals surface area contributed by atoms with Crippen molar-refractivity contribution >= 4 is 5.97 Å². The molecule has 1 aromatic carbocycles. The van der Waals surface area contributed by atoms with Crippen LogP contribution in [-0.4, -0.2) is 11.1 Å². The van der Waals surface area contributed by atoms with Gasteiger partial charge in [-0.3, -0.25) is 4.79 Å². The maximum Gasteiger partial charge on any atom is 0.311 e. The lowest BCUT2D eigenvalue weighted by Gasteiger charge is -2.21. The summed E-state index contributed by atoms with van der Waals surface area (Å²) in [4.78, 5) is 11.3. The van der Waals surface area contributed by atoms with Crippen LogP contribution in [0.25, 0.3) is 0 Å². The fourth-order valence-electron chi connectivity index (χ4n) is 2.04. The molecule has 1 unspecified atom stereocenters. The predicted molar refractivity (Wildman–Crippen MR) is 60.9 cm³/mol. The highest BCUT2D eigenvalue weighted by atomic mass is 16.4. The molecular formula is C13H18O2. The van der Waals surface area contributed by atoms with E-state index in [4.69, 9.17) is 0 Å². The number of benzene rings is 1. The minimum atomic E-state index is -0.713. The van der Waals surface area contributed by atoms with Gasteiger partial charge in [-0.1, -0.05) is 57.0 Å². The zero-order chi connectivity index (χ0) is 11.3. The van der Waals surface area contributed by atoms with Gasteiger partial charge in [-0.25, -0.2) is 0 Å². The Morgan fingerprint density at radius 2 is 1.73 bits per heavy atom. The normalized spacial score (nSPS) is 12.7. The molecule has 82 valence electrons. The van der Waals surface area contributed by atoms with E-state index in [1.165, 1.54) is 0 Å². The van der Waals surface area contributed by atoms with Crippen molar-refractivity contribution in [3.05, 3.63) is 35.9 Å². The van der Waals surface area contributed by atoms with Gasteiger partial charge in [0.1, 0.15) is 0 Å². The first kappa shape index (κ1) is 11.8. The van der Waals surface area contributed by atoms with Crippen LogP contribution < -0.4 is 0 Å². The predicted octanol–water partition coefficient (Wildman–Crippen LogP) is 3.29. The SMILES string of the molecule is CCC(CC)C(C(=O)O)c1ccccc1. The molecule has 1 rings (SSSR count). The molecule has 0 saturated heterocycles. The first-order valence-corrected chi connectivity index (χ1v) is 5.48. The molecule has 0 radical (unpaired) electrons. The molecule has 2 heteroatoms. The molecule has 1 atom stereocenters. The quantitative estimate of drug-likeness (QED) is 0.802. The van der Waals surface area contributed by atoms with Crippen molar-refractivity contribution in [3.8, 4) is 0 Å². The first-order chi connectivity index (χ1) is 7.20. The number of carbonyl (C=O) groups is 1. The van der Waals surface area contributed by atoms with E-state index in [0.717, 1.165) is 18.4 Å². The summed E-state index contributed by atoms with van der Waals surface area (Å²) in [5.74, 6) is -0.846. The van der Waals surface area contributed by atoms with Gasteiger partial charge in [0.25, 0.3) is 0 Å². The van der Waals surface area contributed by atoms with Gasteiger partial charge in [0, 0.05) is 0 Å². The Kier molecular flexibility index (Phi) is 4.35. The van der Waals surface area contributed by atoms with Gasteiger partial charge in [-0.05, 0) is 11.5 Å². The smallest absolute Gasteiger partial charge is 0.311 e. The van der Waals surface area contributed by atoms with Crippen LogP contribution in [0.4, 0.5) is 0 Å². The number of carboxylic acid groups (broad SMARTS) is 1. The molecule has 1 N–H and O–H groups in total. The second kappa shape index (κ2) is 5.54. The second-order valence-corrected chi connectivity index (χ2v) is 3.80. The molecule has 0 aliphatic heterocycles. The van der Waals surface area contributed by atoms with Gasteiger partial charge in [0.05, 0.1) is 5.92 Å². The highest BCUT2D eigenvalue weighted by Crippen LogP contribution is 2.29. The van der Waals surface area contributed by atoms with Crippen LogP contribution in [-0.2, 0) is 4.79 Å². The lowest BCUT2D eigenvalue weighted by atomic mass is 9.83. The third kappa shape index (κ3) is 2.82. The average molecular weight is 206 g/mol. The molecule has 0 amide bonds. The average Bonchev–Trinajstić information content (AvgIpc) is 2.26. The minimum absolute atomic E-state index is 0.227. The Bertz CT molecular complexity index is 302. The Labute approximate surface area is 90.9 Å². The van der Waals surface area contributed by atoms with Crippen LogP contribution in [0.1, 0.15) is 38.2 Å². The Morgan fingerprint density at radius 1 is 1.20 bits per heavy atom. The summed E-state index contributed by atoms with van der Waals surface area (Å²) >= 11 is 0. The Morgan fingerprint density at radius 3 is 2.13 bits per heavy atom. The fraction of sp³-hybridized carbons (Fsp3) is 0.462. The minimum Gasteiger partial charge on any atom is -0.481 e. The van der Waals surface area contributed by atoms with Crippen LogP contribution in [0.2, 0.25) is 0 Å². The summed E-state index contributed by atoms with van der Waals surface area (Å²) in [7, 11) is 0. The summed E-state index contributed by atoms with van der Waals surface area (Å²) in [5, 5.41) is 9.26. The molecule has 0 spiro atoms. The highest BCUT2D eigenvalue weighted by Gasteiger charge is 2.26. The Hall–Kier alpha value is -1.31. The summed E-state index contributed by atoms with van der Waals surface area (Å²) in [5.41, 5.74) is 0.915. The zero-order valence-electron chi connectivity index (χ0n) is 9.31. The molecule has 15 heavy (non-hydrogen) atoms. The standard InChI is InChI=1S/C13H18O2/c1-3-10(4-2)12(13(14)15)11-8-6-5-7-9-11/h5-10,12H,3-4H2,1-2H3,(H,14,15). The summed E-state index contributed by atoms with van der Waals surface area (Å²) in [6, 6.07) is 9.50. The van der Waals surface area contributed by atoms with Crippen LogP contribution in [0.3, 0.4) is 0 Å². The Balaban J connectivity index is 2.97. The lowest BCUT2D eigenvalue weighted by Crippen LogP contribution is -2.20. The summed E-state index contributed by atoms with van der Waals surface area (Å²) < 4.78 is 0. The van der Waals surface area contributed by atoms with E-state index >= 15 is 0 Å². The van der Waals surface area contributed by atoms with E-state index in [1.54, 1.807) is 0 Å². The van der Waals surface area contributed by atoms with Crippen molar-refractivity contribution in [1.82, 2.24) is 0 Å². The molecule has 0 fully saturated rings. The molecule has 2 nitrogen and oxygen atoms in total. The number of hydrogen-bond acceptors (Lipinski definition) is 1. The largest absolute Gasteiger partial charge is 0.481 e. The molecule has 0 bridgehead atoms. The topological polar surface area (TPSA) is 37.3 Å². The monoisotopic (exact) mass is 206 g/mol. The maximum atomic E-state index is 11.3. The van der Waals surface area contributed by atoms with E-state index in [-0.39, 0.29) is 11.8 Å². The van der Waals surface area contributed by atoms with Gasteiger partial charge in [0.15, 0.2) is 0 Å². The molecule has 0 saturated carbocycles. The van der Waals surface area contributed by atoms with Crippen molar-refractivity contribution in [2.45, 2.75) is 32.6 Å². The van der Waals surface area contributed by atoms with Gasteiger partial charge >= 0.3 is 5.97 Å². The van der Waals surface area contributed by atoms with Gasteiger partial charge in [-0.2, -0.15) is 0 Å².